The number of hydrogen-bond acceptors (Lipinski definition) is 4. The predicted octanol–water partition coefficient (Wildman–Crippen LogP) is 1.87. The maximum atomic E-state index is 10.8. The summed E-state index contributed by atoms with van der Waals surface area (Å²) in [6.45, 7) is 6.44. The van der Waals surface area contributed by atoms with E-state index in [1.165, 1.54) is 6.92 Å². The molecule has 0 aromatic rings. The van der Waals surface area contributed by atoms with Crippen LogP contribution in [0.1, 0.15) is 13.8 Å². The summed E-state index contributed by atoms with van der Waals surface area (Å²) in [4.78, 5) is 21.6. The van der Waals surface area contributed by atoms with Gasteiger partial charge in [0.1, 0.15) is 0 Å². The summed E-state index contributed by atoms with van der Waals surface area (Å²) in [5, 5.41) is -0.824. The van der Waals surface area contributed by atoms with Gasteiger partial charge in [-0.3, -0.25) is 4.79 Å². The van der Waals surface area contributed by atoms with Gasteiger partial charge >= 0.3 is 6.16 Å². The molecule has 0 aliphatic carbocycles. The molecule has 13 heavy (non-hydrogen) atoms. The van der Waals surface area contributed by atoms with Crippen LogP contribution >= 0.6 is 11.6 Å². The van der Waals surface area contributed by atoms with E-state index in [9.17, 15) is 9.59 Å². The Balaban J connectivity index is 4.36. The Kier molecular flexibility index (Phi) is 4.48. The summed E-state index contributed by atoms with van der Waals surface area (Å²) >= 11 is 5.19. The largest absolute Gasteiger partial charge is 0.509 e. The molecule has 1 atom stereocenters. The van der Waals surface area contributed by atoms with E-state index in [2.05, 4.69) is 16.1 Å². The van der Waals surface area contributed by atoms with Crippen LogP contribution in [0.4, 0.5) is 4.79 Å². The molecule has 0 radical (unpaired) electrons. The van der Waals surface area contributed by atoms with Gasteiger partial charge in [0.05, 0.1) is 6.61 Å². The van der Waals surface area contributed by atoms with Crippen LogP contribution in [-0.2, 0) is 14.3 Å². The van der Waals surface area contributed by atoms with Crippen molar-refractivity contribution in [3.8, 4) is 0 Å². The third kappa shape index (κ3) is 3.46. The minimum absolute atomic E-state index is 0.169. The van der Waals surface area contributed by atoms with Gasteiger partial charge in [-0.1, -0.05) is 6.58 Å². The predicted molar refractivity (Wildman–Crippen MR) is 47.6 cm³/mol. The number of rotatable bonds is 4. The zero-order valence-electron chi connectivity index (χ0n) is 7.50. The Morgan fingerprint density at radius 2 is 2.15 bits per heavy atom. The van der Waals surface area contributed by atoms with E-state index in [0.717, 1.165) is 6.08 Å². The second-order valence-corrected chi connectivity index (χ2v) is 2.71. The first kappa shape index (κ1) is 12.0. The molecule has 0 aromatic heterocycles. The number of carbonyl (C=O) groups excluding carboxylic acids is 2. The fourth-order valence-corrected chi connectivity index (χ4v) is 0.598. The van der Waals surface area contributed by atoms with Crippen LogP contribution in [-0.4, -0.2) is 23.6 Å². The summed E-state index contributed by atoms with van der Waals surface area (Å²) in [6, 6.07) is 0. The third-order valence-corrected chi connectivity index (χ3v) is 1.71. The molecule has 0 spiro atoms. The summed E-state index contributed by atoms with van der Waals surface area (Å²) in [5.74, 6) is 0. The summed E-state index contributed by atoms with van der Waals surface area (Å²) in [7, 11) is 0. The Labute approximate surface area is 81.5 Å². The molecular weight excluding hydrogens is 196 g/mol. The minimum atomic E-state index is -1.52. The van der Waals surface area contributed by atoms with Crippen molar-refractivity contribution in [1.82, 2.24) is 0 Å². The van der Waals surface area contributed by atoms with Gasteiger partial charge in [-0.15, -0.1) is 0 Å². The molecule has 0 bridgehead atoms. The second kappa shape index (κ2) is 4.87. The maximum absolute atomic E-state index is 10.8. The molecule has 0 aliphatic heterocycles. The quantitative estimate of drug-likeness (QED) is 0.400. The van der Waals surface area contributed by atoms with E-state index in [1.54, 1.807) is 6.92 Å². The summed E-state index contributed by atoms with van der Waals surface area (Å²) in [5.41, 5.74) is -1.52. The molecule has 0 fully saturated rings. The average Bonchev–Trinajstić information content (AvgIpc) is 2.04. The molecule has 0 N–H and O–H groups in total. The highest BCUT2D eigenvalue weighted by Crippen LogP contribution is 2.16. The molecule has 0 heterocycles. The van der Waals surface area contributed by atoms with Gasteiger partial charge in [-0.2, -0.15) is 0 Å². The van der Waals surface area contributed by atoms with E-state index in [0.29, 0.717) is 0 Å². The Morgan fingerprint density at radius 1 is 1.62 bits per heavy atom. The van der Waals surface area contributed by atoms with Crippen LogP contribution in [0.5, 0.6) is 0 Å². The van der Waals surface area contributed by atoms with E-state index >= 15 is 0 Å². The van der Waals surface area contributed by atoms with Gasteiger partial charge in [0.25, 0.3) is 5.24 Å². The SMILES string of the molecule is C=CC(C)(OC(=O)OCC)C(=O)Cl. The molecule has 0 saturated heterocycles. The van der Waals surface area contributed by atoms with Gasteiger partial charge in [-0.25, -0.2) is 4.79 Å². The van der Waals surface area contributed by atoms with Crippen molar-refractivity contribution < 1.29 is 19.1 Å². The first-order valence-corrected chi connectivity index (χ1v) is 4.03. The first-order chi connectivity index (χ1) is 5.96. The molecule has 0 amide bonds. The molecule has 0 aromatic carbocycles. The van der Waals surface area contributed by atoms with E-state index in [1.807, 2.05) is 0 Å². The van der Waals surface area contributed by atoms with Gasteiger partial charge in [0, 0.05) is 0 Å². The van der Waals surface area contributed by atoms with Crippen LogP contribution < -0.4 is 0 Å². The zero-order valence-corrected chi connectivity index (χ0v) is 8.26. The lowest BCUT2D eigenvalue weighted by molar-refractivity contribution is -0.125. The molecule has 0 aliphatic rings. The molecular formula is C8H11ClO4. The van der Waals surface area contributed by atoms with Crippen LogP contribution in [0.25, 0.3) is 0 Å². The lowest BCUT2D eigenvalue weighted by atomic mass is 10.1. The van der Waals surface area contributed by atoms with Crippen LogP contribution in [0.3, 0.4) is 0 Å². The van der Waals surface area contributed by atoms with Crippen molar-refractivity contribution in [2.45, 2.75) is 19.4 Å². The van der Waals surface area contributed by atoms with Crippen LogP contribution in [0, 0.1) is 0 Å². The molecule has 0 saturated carbocycles. The highest BCUT2D eigenvalue weighted by atomic mass is 35.5. The topological polar surface area (TPSA) is 52.6 Å². The smallest absolute Gasteiger partial charge is 0.435 e. The van der Waals surface area contributed by atoms with Gasteiger partial charge in [0.15, 0.2) is 0 Å². The number of halogens is 1. The van der Waals surface area contributed by atoms with Crippen molar-refractivity contribution in [1.29, 1.82) is 0 Å². The molecule has 4 nitrogen and oxygen atoms in total. The Hall–Kier alpha value is -1.03. The number of ether oxygens (including phenoxy) is 2. The van der Waals surface area contributed by atoms with Crippen molar-refractivity contribution in [2.75, 3.05) is 6.61 Å². The molecule has 5 heteroatoms. The highest BCUT2D eigenvalue weighted by Gasteiger charge is 2.33. The minimum Gasteiger partial charge on any atom is -0.435 e. The summed E-state index contributed by atoms with van der Waals surface area (Å²) < 4.78 is 9.10. The van der Waals surface area contributed by atoms with Gasteiger partial charge in [-0.05, 0) is 31.5 Å². The van der Waals surface area contributed by atoms with Crippen molar-refractivity contribution >= 4 is 23.0 Å². The average molecular weight is 207 g/mol. The van der Waals surface area contributed by atoms with Crippen LogP contribution in [0.2, 0.25) is 0 Å². The van der Waals surface area contributed by atoms with Crippen molar-refractivity contribution in [3.63, 3.8) is 0 Å². The first-order valence-electron chi connectivity index (χ1n) is 3.65. The van der Waals surface area contributed by atoms with E-state index in [4.69, 9.17) is 11.6 Å². The van der Waals surface area contributed by atoms with E-state index in [-0.39, 0.29) is 6.61 Å². The third-order valence-electron chi connectivity index (χ3n) is 1.34. The number of carbonyl (C=O) groups is 2. The zero-order chi connectivity index (χ0) is 10.5. The second-order valence-electron chi connectivity index (χ2n) is 2.37. The summed E-state index contributed by atoms with van der Waals surface area (Å²) in [6.07, 6.45) is 0.193. The van der Waals surface area contributed by atoms with Crippen molar-refractivity contribution in [3.05, 3.63) is 12.7 Å². The normalized spacial score (nSPS) is 14.1. The molecule has 1 unspecified atom stereocenters. The van der Waals surface area contributed by atoms with Crippen molar-refractivity contribution in [2.24, 2.45) is 0 Å². The van der Waals surface area contributed by atoms with Gasteiger partial charge < -0.3 is 9.47 Å². The lowest BCUT2D eigenvalue weighted by Gasteiger charge is -2.20. The van der Waals surface area contributed by atoms with E-state index < -0.39 is 17.0 Å². The fourth-order valence-electron chi connectivity index (χ4n) is 0.482. The Morgan fingerprint density at radius 3 is 2.46 bits per heavy atom. The lowest BCUT2D eigenvalue weighted by Crippen LogP contribution is -2.35. The standard InChI is InChI=1S/C8H11ClO4/c1-4-8(3,6(9)10)13-7(11)12-5-2/h4H,1,5H2,2-3H3. The van der Waals surface area contributed by atoms with Crippen LogP contribution in [0.15, 0.2) is 12.7 Å². The van der Waals surface area contributed by atoms with Gasteiger partial charge in [0.2, 0.25) is 5.60 Å². The fraction of sp³-hybridized carbons (Fsp3) is 0.500. The molecule has 74 valence electrons. The number of hydrogen-bond donors (Lipinski definition) is 0. The monoisotopic (exact) mass is 206 g/mol. The maximum Gasteiger partial charge on any atom is 0.509 e. The highest BCUT2D eigenvalue weighted by molar-refractivity contribution is 6.65. The Bertz CT molecular complexity index is 226. The molecule has 0 rings (SSSR count).